The fraction of sp³-hybridized carbons (Fsp3) is 0.0588. The zero-order chi connectivity index (χ0) is 18.5. The summed E-state index contributed by atoms with van der Waals surface area (Å²) in [5.41, 5.74) is 0.170. The third kappa shape index (κ3) is 3.94. The lowest BCUT2D eigenvalue weighted by Gasteiger charge is -2.07. The van der Waals surface area contributed by atoms with E-state index in [9.17, 15) is 18.0 Å². The van der Waals surface area contributed by atoms with Gasteiger partial charge in [0.1, 0.15) is 5.82 Å². The number of hydrogen-bond donors (Lipinski definition) is 2. The van der Waals surface area contributed by atoms with Crippen molar-refractivity contribution < 1.29 is 18.0 Å². The van der Waals surface area contributed by atoms with Gasteiger partial charge in [-0.1, -0.05) is 6.07 Å². The molecule has 2 aromatic heterocycles. The van der Waals surface area contributed by atoms with Crippen LogP contribution in [0.4, 0.5) is 24.8 Å². The second kappa shape index (κ2) is 7.60. The van der Waals surface area contributed by atoms with Gasteiger partial charge in [-0.05, 0) is 36.4 Å². The van der Waals surface area contributed by atoms with E-state index in [0.29, 0.717) is 18.4 Å². The third-order valence-electron chi connectivity index (χ3n) is 3.36. The maximum Gasteiger partial charge on any atom is 0.259 e. The molecule has 2 N–H and O–H groups in total. The smallest absolute Gasteiger partial charge is 0.259 e. The van der Waals surface area contributed by atoms with Gasteiger partial charge in [-0.2, -0.15) is 0 Å². The van der Waals surface area contributed by atoms with Crippen LogP contribution in [0, 0.1) is 17.5 Å². The maximum absolute atomic E-state index is 13.6. The Kier molecular flexibility index (Phi) is 5.07. The number of nitrogens with zero attached hydrogens (tertiary/aromatic N) is 3. The van der Waals surface area contributed by atoms with E-state index in [2.05, 4.69) is 25.8 Å². The number of carbonyl (C=O) groups is 1. The molecule has 2 heterocycles. The predicted octanol–water partition coefficient (Wildman–Crippen LogP) is 3.15. The van der Waals surface area contributed by atoms with E-state index in [1.165, 1.54) is 6.07 Å². The van der Waals surface area contributed by atoms with Crippen molar-refractivity contribution in [1.29, 1.82) is 0 Å². The number of anilines is 2. The minimum atomic E-state index is -1.71. The average molecular weight is 359 g/mol. The van der Waals surface area contributed by atoms with Crippen molar-refractivity contribution in [1.82, 2.24) is 15.2 Å². The SMILES string of the molecule is O=C(Nc1ccc(NCc2ccccn2)nn1)c1ccc(F)c(F)c1F. The van der Waals surface area contributed by atoms with Crippen LogP contribution in [0.2, 0.25) is 0 Å². The second-order valence-electron chi connectivity index (χ2n) is 5.16. The molecule has 0 aliphatic rings. The molecular weight excluding hydrogens is 347 g/mol. The summed E-state index contributed by atoms with van der Waals surface area (Å²) in [6.07, 6.45) is 1.67. The highest BCUT2D eigenvalue weighted by atomic mass is 19.2. The van der Waals surface area contributed by atoms with Crippen molar-refractivity contribution in [2.45, 2.75) is 6.54 Å². The van der Waals surface area contributed by atoms with E-state index in [-0.39, 0.29) is 5.82 Å². The van der Waals surface area contributed by atoms with Crippen LogP contribution < -0.4 is 10.6 Å². The molecule has 26 heavy (non-hydrogen) atoms. The number of halogens is 3. The van der Waals surface area contributed by atoms with E-state index in [4.69, 9.17) is 0 Å². The van der Waals surface area contributed by atoms with E-state index in [0.717, 1.165) is 11.8 Å². The highest BCUT2D eigenvalue weighted by molar-refractivity contribution is 6.03. The number of benzene rings is 1. The lowest BCUT2D eigenvalue weighted by atomic mass is 10.2. The summed E-state index contributed by atoms with van der Waals surface area (Å²) < 4.78 is 39.7. The lowest BCUT2D eigenvalue weighted by Crippen LogP contribution is -2.16. The number of pyridine rings is 1. The van der Waals surface area contributed by atoms with Gasteiger partial charge in [0.15, 0.2) is 23.3 Å². The summed E-state index contributed by atoms with van der Waals surface area (Å²) in [4.78, 5) is 16.1. The Morgan fingerprint density at radius 2 is 1.69 bits per heavy atom. The number of carbonyl (C=O) groups excluding carboxylic acids is 1. The van der Waals surface area contributed by atoms with Crippen molar-refractivity contribution in [2.75, 3.05) is 10.6 Å². The number of amides is 1. The highest BCUT2D eigenvalue weighted by Gasteiger charge is 2.19. The molecule has 1 aromatic carbocycles. The molecule has 3 rings (SSSR count). The summed E-state index contributed by atoms with van der Waals surface area (Å²) in [5, 5.41) is 12.9. The molecule has 0 fully saturated rings. The molecule has 0 saturated heterocycles. The molecule has 132 valence electrons. The highest BCUT2D eigenvalue weighted by Crippen LogP contribution is 2.16. The summed E-state index contributed by atoms with van der Waals surface area (Å²) >= 11 is 0. The van der Waals surface area contributed by atoms with Crippen LogP contribution in [0.5, 0.6) is 0 Å². The van der Waals surface area contributed by atoms with Crippen LogP contribution in [0.3, 0.4) is 0 Å². The van der Waals surface area contributed by atoms with Crippen molar-refractivity contribution in [2.24, 2.45) is 0 Å². The zero-order valence-electron chi connectivity index (χ0n) is 13.2. The number of hydrogen-bond acceptors (Lipinski definition) is 5. The van der Waals surface area contributed by atoms with Gasteiger partial charge in [0, 0.05) is 6.20 Å². The fourth-order valence-electron chi connectivity index (χ4n) is 2.06. The lowest BCUT2D eigenvalue weighted by molar-refractivity contribution is 0.102. The number of aromatic nitrogens is 3. The number of rotatable bonds is 5. The van der Waals surface area contributed by atoms with Crippen LogP contribution in [0.25, 0.3) is 0 Å². The standard InChI is InChI=1S/C17H12F3N5O/c18-12-5-4-11(15(19)16(12)20)17(26)23-14-7-6-13(24-25-14)22-9-10-3-1-2-8-21-10/h1-8H,9H2,(H,22,24)(H,23,25,26). The summed E-state index contributed by atoms with van der Waals surface area (Å²) in [6.45, 7) is 0.432. The zero-order valence-corrected chi connectivity index (χ0v) is 13.2. The monoisotopic (exact) mass is 359 g/mol. The molecule has 0 radical (unpaired) electrons. The molecule has 0 bridgehead atoms. The van der Waals surface area contributed by atoms with E-state index >= 15 is 0 Å². The first-order valence-electron chi connectivity index (χ1n) is 7.47. The van der Waals surface area contributed by atoms with Crippen molar-refractivity contribution in [3.05, 3.63) is 77.4 Å². The Bertz CT molecular complexity index is 920. The summed E-state index contributed by atoms with van der Waals surface area (Å²) in [7, 11) is 0. The summed E-state index contributed by atoms with van der Waals surface area (Å²) in [6, 6.07) is 9.99. The van der Waals surface area contributed by atoms with Crippen LogP contribution in [0.15, 0.2) is 48.7 Å². The molecule has 6 nitrogen and oxygen atoms in total. The van der Waals surface area contributed by atoms with Gasteiger partial charge in [-0.25, -0.2) is 13.2 Å². The molecule has 9 heteroatoms. The van der Waals surface area contributed by atoms with Gasteiger partial charge in [-0.3, -0.25) is 9.78 Å². The average Bonchev–Trinajstić information content (AvgIpc) is 2.66. The second-order valence-corrected chi connectivity index (χ2v) is 5.16. The first-order valence-corrected chi connectivity index (χ1v) is 7.47. The molecule has 0 atom stereocenters. The van der Waals surface area contributed by atoms with Gasteiger partial charge in [0.25, 0.3) is 5.91 Å². The maximum atomic E-state index is 13.6. The van der Waals surface area contributed by atoms with Gasteiger partial charge in [0.05, 0.1) is 17.8 Å². The number of nitrogens with one attached hydrogen (secondary N) is 2. The Morgan fingerprint density at radius 1 is 0.923 bits per heavy atom. The normalized spacial score (nSPS) is 10.4. The van der Waals surface area contributed by atoms with Crippen molar-refractivity contribution in [3.63, 3.8) is 0 Å². The molecule has 0 unspecified atom stereocenters. The van der Waals surface area contributed by atoms with Gasteiger partial charge >= 0.3 is 0 Å². The van der Waals surface area contributed by atoms with E-state index in [1.54, 1.807) is 18.3 Å². The predicted molar refractivity (Wildman–Crippen MR) is 87.9 cm³/mol. The molecular formula is C17H12F3N5O. The third-order valence-corrected chi connectivity index (χ3v) is 3.36. The molecule has 0 saturated carbocycles. The van der Waals surface area contributed by atoms with Gasteiger partial charge in [-0.15, -0.1) is 10.2 Å². The topological polar surface area (TPSA) is 79.8 Å². The Morgan fingerprint density at radius 3 is 2.38 bits per heavy atom. The van der Waals surface area contributed by atoms with Crippen LogP contribution in [-0.2, 0) is 6.54 Å². The first kappa shape index (κ1) is 17.3. The summed E-state index contributed by atoms with van der Waals surface area (Å²) in [5.74, 6) is -5.15. The van der Waals surface area contributed by atoms with Crippen molar-refractivity contribution >= 4 is 17.5 Å². The molecule has 0 aliphatic carbocycles. The largest absolute Gasteiger partial charge is 0.363 e. The minimum absolute atomic E-state index is 0.0301. The van der Waals surface area contributed by atoms with Crippen LogP contribution in [0.1, 0.15) is 16.1 Å². The fourth-order valence-corrected chi connectivity index (χ4v) is 2.06. The Hall–Kier alpha value is -3.49. The molecule has 3 aromatic rings. The molecule has 0 spiro atoms. The van der Waals surface area contributed by atoms with Crippen molar-refractivity contribution in [3.8, 4) is 0 Å². The molecule has 1 amide bonds. The van der Waals surface area contributed by atoms with E-state index in [1.807, 2.05) is 12.1 Å². The van der Waals surface area contributed by atoms with Gasteiger partial charge < -0.3 is 10.6 Å². The Labute approximate surface area is 146 Å². The van der Waals surface area contributed by atoms with Gasteiger partial charge in [0.2, 0.25) is 0 Å². The van der Waals surface area contributed by atoms with Crippen LogP contribution in [-0.4, -0.2) is 21.1 Å². The Balaban J connectivity index is 1.64. The minimum Gasteiger partial charge on any atom is -0.363 e. The quantitative estimate of drug-likeness (QED) is 0.684. The van der Waals surface area contributed by atoms with E-state index < -0.39 is 28.9 Å². The van der Waals surface area contributed by atoms with Crippen LogP contribution >= 0.6 is 0 Å². The molecule has 0 aliphatic heterocycles. The first-order chi connectivity index (χ1) is 12.5.